The maximum absolute atomic E-state index is 12.7. The maximum Gasteiger partial charge on any atom is 0.416 e. The molecule has 0 saturated carbocycles. The lowest BCUT2D eigenvalue weighted by Crippen LogP contribution is -2.47. The van der Waals surface area contributed by atoms with Crippen LogP contribution in [0.5, 0.6) is 0 Å². The lowest BCUT2D eigenvalue weighted by atomic mass is 9.90. The quantitative estimate of drug-likeness (QED) is 0.668. The first-order chi connectivity index (χ1) is 9.25. The summed E-state index contributed by atoms with van der Waals surface area (Å²) in [6.45, 7) is 5.23. The molecule has 1 aromatic rings. The number of hydrogen-bond acceptors (Lipinski definition) is 3. The molecule has 1 atom stereocenters. The van der Waals surface area contributed by atoms with Crippen LogP contribution in [0.3, 0.4) is 0 Å². The second kappa shape index (κ2) is 6.09. The minimum atomic E-state index is -4.47. The highest BCUT2D eigenvalue weighted by atomic mass is 19.4. The van der Waals surface area contributed by atoms with Crippen LogP contribution in [0.25, 0.3) is 0 Å². The van der Waals surface area contributed by atoms with Crippen LogP contribution in [0, 0.1) is 0 Å². The predicted molar refractivity (Wildman–Crippen MR) is 69.0 cm³/mol. The Morgan fingerprint density at radius 2 is 2.00 bits per heavy atom. The number of benzene rings is 1. The number of nitrogens with one attached hydrogen (secondary N) is 1. The van der Waals surface area contributed by atoms with Crippen molar-refractivity contribution >= 4 is 5.97 Å². The molecule has 0 saturated heterocycles. The summed E-state index contributed by atoms with van der Waals surface area (Å²) < 4.78 is 42.9. The summed E-state index contributed by atoms with van der Waals surface area (Å²) >= 11 is 0. The van der Waals surface area contributed by atoms with E-state index in [9.17, 15) is 18.0 Å². The van der Waals surface area contributed by atoms with Gasteiger partial charge in [-0.05, 0) is 24.6 Å². The van der Waals surface area contributed by atoms with Gasteiger partial charge in [-0.25, -0.2) is 4.79 Å². The number of carbonyl (C=O) groups is 1. The highest BCUT2D eigenvalue weighted by Gasteiger charge is 2.38. The van der Waals surface area contributed by atoms with Gasteiger partial charge in [-0.3, -0.25) is 5.32 Å². The predicted octanol–water partition coefficient (Wildman–Crippen LogP) is 2.87. The fraction of sp³-hybridized carbons (Fsp3) is 0.357. The number of halogens is 3. The minimum Gasteiger partial charge on any atom is -0.467 e. The summed E-state index contributed by atoms with van der Waals surface area (Å²) in [7, 11) is 1.18. The van der Waals surface area contributed by atoms with E-state index in [1.54, 1.807) is 0 Å². The third kappa shape index (κ3) is 3.39. The van der Waals surface area contributed by atoms with Crippen molar-refractivity contribution in [2.24, 2.45) is 0 Å². The van der Waals surface area contributed by atoms with Gasteiger partial charge in [-0.2, -0.15) is 13.2 Å². The average Bonchev–Trinajstić information content (AvgIpc) is 2.43. The number of alkyl halides is 3. The zero-order valence-electron chi connectivity index (χ0n) is 11.3. The highest BCUT2D eigenvalue weighted by molar-refractivity contribution is 5.82. The Kier molecular flexibility index (Phi) is 4.94. The van der Waals surface area contributed by atoms with Gasteiger partial charge in [0.15, 0.2) is 0 Å². The number of carbonyl (C=O) groups excluding carboxylic acids is 1. The van der Waals surface area contributed by atoms with Crippen LogP contribution < -0.4 is 5.32 Å². The molecule has 3 nitrogen and oxygen atoms in total. The normalized spacial score (nSPS) is 14.4. The van der Waals surface area contributed by atoms with Gasteiger partial charge >= 0.3 is 12.1 Å². The molecule has 0 heterocycles. The largest absolute Gasteiger partial charge is 0.467 e. The first-order valence-corrected chi connectivity index (χ1v) is 5.87. The second-order valence-corrected chi connectivity index (χ2v) is 4.36. The molecule has 1 aromatic carbocycles. The fourth-order valence-corrected chi connectivity index (χ4v) is 1.78. The molecule has 0 spiro atoms. The van der Waals surface area contributed by atoms with Crippen molar-refractivity contribution in [3.8, 4) is 0 Å². The van der Waals surface area contributed by atoms with Gasteiger partial charge in [0.05, 0.1) is 12.7 Å². The molecule has 6 heteroatoms. The van der Waals surface area contributed by atoms with Crippen LogP contribution in [0.15, 0.2) is 36.9 Å². The molecule has 0 amide bonds. The summed E-state index contributed by atoms with van der Waals surface area (Å²) in [5.74, 6) is -0.668. The Bertz CT molecular complexity index is 499. The first-order valence-electron chi connectivity index (χ1n) is 5.87. The Balaban J connectivity index is 3.27. The summed E-state index contributed by atoms with van der Waals surface area (Å²) in [6, 6.07) is 4.60. The maximum atomic E-state index is 12.7. The SMILES string of the molecule is C=CCNC(C)(C(=O)OC)c1cccc(C(F)(F)F)c1. The summed E-state index contributed by atoms with van der Waals surface area (Å²) in [5.41, 5.74) is -2.00. The molecule has 110 valence electrons. The lowest BCUT2D eigenvalue weighted by Gasteiger charge is -2.28. The Labute approximate surface area is 115 Å². The number of esters is 1. The molecule has 1 rings (SSSR count). The molecule has 20 heavy (non-hydrogen) atoms. The van der Waals surface area contributed by atoms with Crippen molar-refractivity contribution in [2.45, 2.75) is 18.6 Å². The average molecular weight is 287 g/mol. The molecular formula is C14H16F3NO2. The first kappa shape index (κ1) is 16.2. The van der Waals surface area contributed by atoms with Gasteiger partial charge in [0, 0.05) is 6.54 Å². The van der Waals surface area contributed by atoms with Gasteiger partial charge in [-0.15, -0.1) is 6.58 Å². The van der Waals surface area contributed by atoms with E-state index in [0.29, 0.717) is 0 Å². The Hall–Kier alpha value is -1.82. The Morgan fingerprint density at radius 3 is 2.50 bits per heavy atom. The van der Waals surface area contributed by atoms with Crippen molar-refractivity contribution in [1.29, 1.82) is 0 Å². The molecule has 0 aliphatic rings. The third-order valence-electron chi connectivity index (χ3n) is 2.96. The van der Waals surface area contributed by atoms with Gasteiger partial charge < -0.3 is 4.74 Å². The van der Waals surface area contributed by atoms with E-state index >= 15 is 0 Å². The number of hydrogen-bond donors (Lipinski definition) is 1. The van der Waals surface area contributed by atoms with E-state index in [0.717, 1.165) is 12.1 Å². The molecule has 0 aromatic heterocycles. The Morgan fingerprint density at radius 1 is 1.40 bits per heavy atom. The van der Waals surface area contributed by atoms with Gasteiger partial charge in [0.1, 0.15) is 5.54 Å². The molecule has 1 unspecified atom stereocenters. The van der Waals surface area contributed by atoms with E-state index < -0.39 is 23.2 Å². The standard InChI is InChI=1S/C14H16F3NO2/c1-4-8-18-13(2,12(19)20-3)10-6-5-7-11(9-10)14(15,16)17/h4-7,9,18H,1,8H2,2-3H3. The van der Waals surface area contributed by atoms with Gasteiger partial charge in [0.2, 0.25) is 0 Å². The van der Waals surface area contributed by atoms with E-state index in [1.807, 2.05) is 0 Å². The van der Waals surface area contributed by atoms with Crippen LogP contribution >= 0.6 is 0 Å². The van der Waals surface area contributed by atoms with Gasteiger partial charge in [-0.1, -0.05) is 18.2 Å². The zero-order valence-corrected chi connectivity index (χ0v) is 11.3. The second-order valence-electron chi connectivity index (χ2n) is 4.36. The van der Waals surface area contributed by atoms with Crippen LogP contribution in [0.1, 0.15) is 18.1 Å². The number of ether oxygens (including phenoxy) is 1. The summed E-state index contributed by atoms with van der Waals surface area (Å²) in [4.78, 5) is 11.9. The fourth-order valence-electron chi connectivity index (χ4n) is 1.78. The van der Waals surface area contributed by atoms with Crippen molar-refractivity contribution in [2.75, 3.05) is 13.7 Å². The molecule has 0 radical (unpaired) electrons. The van der Waals surface area contributed by atoms with E-state index in [4.69, 9.17) is 0 Å². The summed E-state index contributed by atoms with van der Waals surface area (Å²) in [6.07, 6.45) is -2.96. The van der Waals surface area contributed by atoms with Crippen LogP contribution in [0.4, 0.5) is 13.2 Å². The van der Waals surface area contributed by atoms with E-state index in [2.05, 4.69) is 16.6 Å². The molecule has 0 bridgehead atoms. The smallest absolute Gasteiger partial charge is 0.416 e. The topological polar surface area (TPSA) is 38.3 Å². The van der Waals surface area contributed by atoms with Gasteiger partial charge in [0.25, 0.3) is 0 Å². The number of methoxy groups -OCH3 is 1. The zero-order chi connectivity index (χ0) is 15.4. The van der Waals surface area contributed by atoms with Crippen LogP contribution in [-0.2, 0) is 21.2 Å². The molecule has 0 aliphatic carbocycles. The van der Waals surface area contributed by atoms with E-state index in [1.165, 1.54) is 32.2 Å². The van der Waals surface area contributed by atoms with Crippen molar-refractivity contribution in [1.82, 2.24) is 5.32 Å². The van der Waals surface area contributed by atoms with Crippen molar-refractivity contribution < 1.29 is 22.7 Å². The van der Waals surface area contributed by atoms with E-state index in [-0.39, 0.29) is 12.1 Å². The van der Waals surface area contributed by atoms with Crippen LogP contribution in [0.2, 0.25) is 0 Å². The minimum absolute atomic E-state index is 0.182. The monoisotopic (exact) mass is 287 g/mol. The van der Waals surface area contributed by atoms with Crippen LogP contribution in [-0.4, -0.2) is 19.6 Å². The van der Waals surface area contributed by atoms with Crippen molar-refractivity contribution in [3.05, 3.63) is 48.0 Å². The van der Waals surface area contributed by atoms with Crippen molar-refractivity contribution in [3.63, 3.8) is 0 Å². The highest BCUT2D eigenvalue weighted by Crippen LogP contribution is 2.32. The summed E-state index contributed by atoms with van der Waals surface area (Å²) in [5, 5.41) is 2.83. The molecule has 0 aliphatic heterocycles. The molecule has 0 fully saturated rings. The third-order valence-corrected chi connectivity index (χ3v) is 2.96. The molecule has 1 N–H and O–H groups in total. The molecular weight excluding hydrogens is 271 g/mol. The number of rotatable bonds is 5. The lowest BCUT2D eigenvalue weighted by molar-refractivity contribution is -0.148.